The number of hydrogen-bond donors (Lipinski definition) is 0. The van der Waals surface area contributed by atoms with E-state index < -0.39 is 23.0 Å². The third kappa shape index (κ3) is 2.84. The highest BCUT2D eigenvalue weighted by Crippen LogP contribution is 2.18. The Morgan fingerprint density at radius 3 is 2.53 bits per heavy atom. The van der Waals surface area contributed by atoms with Gasteiger partial charge in [-0.15, -0.1) is 0 Å². The monoisotopic (exact) mass is 261 g/mol. The minimum atomic E-state index is -0.833. The van der Waals surface area contributed by atoms with E-state index in [0.717, 1.165) is 11.6 Å². The molecule has 0 radical (unpaired) electrons. The molecule has 0 spiro atoms. The first-order chi connectivity index (χ1) is 8.99. The summed E-state index contributed by atoms with van der Waals surface area (Å²) >= 11 is 0. The highest BCUT2D eigenvalue weighted by Gasteiger charge is 2.19. The lowest BCUT2D eigenvalue weighted by Gasteiger charge is -2.06. The first-order valence-electron chi connectivity index (χ1n) is 5.88. The zero-order valence-electron chi connectivity index (χ0n) is 10.7. The van der Waals surface area contributed by atoms with E-state index in [4.69, 9.17) is 0 Å². The van der Waals surface area contributed by atoms with Gasteiger partial charge >= 0.3 is 0 Å². The lowest BCUT2D eigenvalue weighted by molar-refractivity contribution is 0.0983. The average molecular weight is 261 g/mol. The Kier molecular flexibility index (Phi) is 3.69. The van der Waals surface area contributed by atoms with Crippen LogP contribution in [0.15, 0.2) is 30.5 Å². The molecule has 0 aliphatic carbocycles. The van der Waals surface area contributed by atoms with Crippen molar-refractivity contribution in [2.24, 2.45) is 0 Å². The van der Waals surface area contributed by atoms with Gasteiger partial charge in [-0.1, -0.05) is 12.1 Å². The predicted molar refractivity (Wildman–Crippen MR) is 68.1 cm³/mol. The van der Waals surface area contributed by atoms with Crippen molar-refractivity contribution in [3.05, 3.63) is 64.5 Å². The Balaban J connectivity index is 2.30. The van der Waals surface area contributed by atoms with Crippen LogP contribution in [-0.4, -0.2) is 10.8 Å². The zero-order chi connectivity index (χ0) is 14.0. The van der Waals surface area contributed by atoms with Crippen LogP contribution in [0.2, 0.25) is 0 Å². The van der Waals surface area contributed by atoms with Crippen molar-refractivity contribution in [3.8, 4) is 0 Å². The fourth-order valence-electron chi connectivity index (χ4n) is 1.77. The predicted octanol–water partition coefficient (Wildman–Crippen LogP) is 3.40. The van der Waals surface area contributed by atoms with E-state index in [9.17, 15) is 13.6 Å². The highest BCUT2D eigenvalue weighted by molar-refractivity contribution is 5.98. The van der Waals surface area contributed by atoms with Crippen LogP contribution in [-0.2, 0) is 6.42 Å². The smallest absolute Gasteiger partial charge is 0.174 e. The van der Waals surface area contributed by atoms with Crippen LogP contribution in [0.25, 0.3) is 0 Å². The molecule has 0 saturated carbocycles. The van der Waals surface area contributed by atoms with Crippen LogP contribution < -0.4 is 0 Å². The van der Waals surface area contributed by atoms with Crippen molar-refractivity contribution < 1.29 is 13.6 Å². The lowest BCUT2D eigenvalue weighted by Crippen LogP contribution is -2.11. The standard InChI is InChI=1S/C15H13F2NO/c1-9-3-5-11(18-8-9)7-13(19)14-12(16)6-4-10(2)15(14)17/h3-6,8H,7H2,1-2H3. The number of aryl methyl sites for hydroxylation is 2. The fourth-order valence-corrected chi connectivity index (χ4v) is 1.77. The van der Waals surface area contributed by atoms with Crippen LogP contribution in [0.4, 0.5) is 8.78 Å². The highest BCUT2D eigenvalue weighted by atomic mass is 19.1. The van der Waals surface area contributed by atoms with Gasteiger partial charge in [-0.05, 0) is 37.1 Å². The second kappa shape index (κ2) is 5.26. The van der Waals surface area contributed by atoms with Crippen LogP contribution >= 0.6 is 0 Å². The molecule has 1 heterocycles. The first-order valence-corrected chi connectivity index (χ1v) is 5.88. The number of pyridine rings is 1. The van der Waals surface area contributed by atoms with Crippen molar-refractivity contribution in [3.63, 3.8) is 0 Å². The molecule has 2 rings (SSSR count). The zero-order valence-corrected chi connectivity index (χ0v) is 10.7. The Hall–Kier alpha value is -2.10. The number of hydrogen-bond acceptors (Lipinski definition) is 2. The summed E-state index contributed by atoms with van der Waals surface area (Å²) in [7, 11) is 0. The average Bonchev–Trinajstić information content (AvgIpc) is 2.37. The normalized spacial score (nSPS) is 10.5. The fraction of sp³-hybridized carbons (Fsp3) is 0.200. The molecule has 0 unspecified atom stereocenters. The topological polar surface area (TPSA) is 30.0 Å². The van der Waals surface area contributed by atoms with Crippen molar-refractivity contribution in [2.45, 2.75) is 20.3 Å². The molecule has 0 aliphatic rings. The maximum atomic E-state index is 13.8. The molecule has 2 aromatic rings. The molecular weight excluding hydrogens is 248 g/mol. The molecule has 4 heteroatoms. The van der Waals surface area contributed by atoms with E-state index in [2.05, 4.69) is 4.98 Å². The summed E-state index contributed by atoms with van der Waals surface area (Å²) in [6.07, 6.45) is 1.50. The van der Waals surface area contributed by atoms with Gasteiger partial charge in [-0.2, -0.15) is 0 Å². The molecule has 0 bridgehead atoms. The third-order valence-corrected chi connectivity index (χ3v) is 2.88. The molecule has 0 aliphatic heterocycles. The summed E-state index contributed by atoms with van der Waals surface area (Å²) in [4.78, 5) is 16.0. The van der Waals surface area contributed by atoms with Crippen molar-refractivity contribution in [1.82, 2.24) is 4.98 Å². The number of benzene rings is 1. The summed E-state index contributed by atoms with van der Waals surface area (Å²) in [5.74, 6) is -2.23. The number of halogens is 2. The number of carbonyl (C=O) groups excluding carboxylic acids is 1. The van der Waals surface area contributed by atoms with E-state index in [1.165, 1.54) is 13.0 Å². The summed E-state index contributed by atoms with van der Waals surface area (Å²) in [5.41, 5.74) is 1.23. The SMILES string of the molecule is Cc1ccc(CC(=O)c2c(F)ccc(C)c2F)nc1. The van der Waals surface area contributed by atoms with Gasteiger partial charge in [0.2, 0.25) is 0 Å². The molecule has 0 N–H and O–H groups in total. The number of rotatable bonds is 3. The second-order valence-corrected chi connectivity index (χ2v) is 4.48. The molecule has 0 amide bonds. The maximum Gasteiger partial charge on any atom is 0.174 e. The molecule has 0 saturated heterocycles. The van der Waals surface area contributed by atoms with Crippen molar-refractivity contribution in [1.29, 1.82) is 0 Å². The van der Waals surface area contributed by atoms with Crippen molar-refractivity contribution in [2.75, 3.05) is 0 Å². The van der Waals surface area contributed by atoms with Crippen LogP contribution in [0, 0.1) is 25.5 Å². The molecule has 0 atom stereocenters. The molecule has 19 heavy (non-hydrogen) atoms. The molecular formula is C15H13F2NO. The molecule has 0 fully saturated rings. The Morgan fingerprint density at radius 1 is 1.16 bits per heavy atom. The van der Waals surface area contributed by atoms with E-state index in [1.54, 1.807) is 18.3 Å². The van der Waals surface area contributed by atoms with Gasteiger partial charge in [0.25, 0.3) is 0 Å². The molecule has 98 valence electrons. The lowest BCUT2D eigenvalue weighted by atomic mass is 10.0. The van der Waals surface area contributed by atoms with E-state index in [-0.39, 0.29) is 12.0 Å². The van der Waals surface area contributed by atoms with E-state index in [1.807, 2.05) is 6.92 Å². The summed E-state index contributed by atoms with van der Waals surface area (Å²) in [6, 6.07) is 5.90. The van der Waals surface area contributed by atoms with Gasteiger partial charge in [0.1, 0.15) is 11.6 Å². The van der Waals surface area contributed by atoms with E-state index >= 15 is 0 Å². The van der Waals surface area contributed by atoms with Gasteiger partial charge in [0.05, 0.1) is 12.0 Å². The summed E-state index contributed by atoms with van der Waals surface area (Å²) in [6.45, 7) is 3.37. The van der Waals surface area contributed by atoms with Gasteiger partial charge in [-0.25, -0.2) is 8.78 Å². The largest absolute Gasteiger partial charge is 0.294 e. The minimum Gasteiger partial charge on any atom is -0.294 e. The van der Waals surface area contributed by atoms with Gasteiger partial charge in [-0.3, -0.25) is 9.78 Å². The van der Waals surface area contributed by atoms with Gasteiger partial charge < -0.3 is 0 Å². The maximum absolute atomic E-state index is 13.8. The Labute approximate surface area is 110 Å². The van der Waals surface area contributed by atoms with Crippen LogP contribution in [0.3, 0.4) is 0 Å². The quantitative estimate of drug-likeness (QED) is 0.792. The summed E-state index contributed by atoms with van der Waals surface area (Å²) in [5, 5.41) is 0. The van der Waals surface area contributed by atoms with Crippen LogP contribution in [0.1, 0.15) is 27.2 Å². The van der Waals surface area contributed by atoms with Crippen molar-refractivity contribution >= 4 is 5.78 Å². The molecule has 2 nitrogen and oxygen atoms in total. The first kappa shape index (κ1) is 13.3. The number of ketones is 1. The Bertz CT molecular complexity index is 621. The number of aromatic nitrogens is 1. The van der Waals surface area contributed by atoms with Gasteiger partial charge in [0, 0.05) is 11.9 Å². The summed E-state index contributed by atoms with van der Waals surface area (Å²) < 4.78 is 27.4. The number of nitrogens with zero attached hydrogens (tertiary/aromatic N) is 1. The number of carbonyl (C=O) groups is 1. The molecule has 1 aromatic carbocycles. The Morgan fingerprint density at radius 2 is 1.89 bits per heavy atom. The minimum absolute atomic E-state index is 0.114. The van der Waals surface area contributed by atoms with E-state index in [0.29, 0.717) is 5.69 Å². The molecule has 1 aromatic heterocycles. The second-order valence-electron chi connectivity index (χ2n) is 4.48. The third-order valence-electron chi connectivity index (χ3n) is 2.88. The van der Waals surface area contributed by atoms with Gasteiger partial charge in [0.15, 0.2) is 5.78 Å². The number of Topliss-reactive ketones (excluding diaryl/α,β-unsaturated/α-hetero) is 1. The van der Waals surface area contributed by atoms with Crippen LogP contribution in [0.5, 0.6) is 0 Å².